The predicted octanol–water partition coefficient (Wildman–Crippen LogP) is 2.72. The minimum atomic E-state index is -4.69. The molecule has 3 rings (SSSR count). The van der Waals surface area contributed by atoms with E-state index in [4.69, 9.17) is 0 Å². The molecule has 32 heavy (non-hydrogen) atoms. The van der Waals surface area contributed by atoms with Crippen molar-refractivity contribution in [2.24, 2.45) is 0 Å². The molecule has 1 aromatic heterocycles. The first-order valence-corrected chi connectivity index (χ1v) is 10.5. The highest BCUT2D eigenvalue weighted by Gasteiger charge is 2.34. The summed E-state index contributed by atoms with van der Waals surface area (Å²) in [5.41, 5.74) is -2.67. The Labute approximate surface area is 180 Å². The number of benzene rings is 2. The normalized spacial score (nSPS) is 11.9. The summed E-state index contributed by atoms with van der Waals surface area (Å²) >= 11 is 0. The third-order valence-corrected chi connectivity index (χ3v) is 5.84. The van der Waals surface area contributed by atoms with E-state index in [-0.39, 0.29) is 22.0 Å². The number of amides is 1. The molecule has 0 aliphatic rings. The lowest BCUT2D eigenvalue weighted by Crippen LogP contribution is -2.27. The minimum absolute atomic E-state index is 0.0512. The first-order chi connectivity index (χ1) is 14.9. The van der Waals surface area contributed by atoms with Crippen LogP contribution < -0.4 is 15.5 Å². The SMILES string of the molecule is CNS(=O)(=O)c1cccc(NC(=O)c2nn(-c3ccccc3C(F)(F)F)c(C)cc2=O)c1. The number of halogens is 3. The number of aryl methyl sites for hydroxylation is 1. The summed E-state index contributed by atoms with van der Waals surface area (Å²) in [4.78, 5) is 24.9. The van der Waals surface area contributed by atoms with Crippen LogP contribution in [0.2, 0.25) is 0 Å². The van der Waals surface area contributed by atoms with Gasteiger partial charge in [0.05, 0.1) is 16.1 Å². The number of rotatable bonds is 5. The third kappa shape index (κ3) is 4.70. The van der Waals surface area contributed by atoms with Crippen molar-refractivity contribution < 1.29 is 26.4 Å². The molecule has 0 radical (unpaired) electrons. The molecule has 1 amide bonds. The molecule has 168 valence electrons. The van der Waals surface area contributed by atoms with Crippen molar-refractivity contribution in [2.75, 3.05) is 12.4 Å². The Morgan fingerprint density at radius 3 is 2.41 bits per heavy atom. The average molecular weight is 466 g/mol. The Morgan fingerprint density at radius 1 is 1.06 bits per heavy atom. The predicted molar refractivity (Wildman–Crippen MR) is 110 cm³/mol. The van der Waals surface area contributed by atoms with Crippen molar-refractivity contribution in [3.63, 3.8) is 0 Å². The number of alkyl halides is 3. The Hall–Kier alpha value is -3.51. The minimum Gasteiger partial charge on any atom is -0.320 e. The molecular formula is C20H17F3N4O4S. The van der Waals surface area contributed by atoms with Crippen molar-refractivity contribution in [3.05, 3.63) is 81.8 Å². The molecule has 0 spiro atoms. The lowest BCUT2D eigenvalue weighted by Gasteiger charge is -2.16. The Bertz CT molecular complexity index is 1350. The largest absolute Gasteiger partial charge is 0.418 e. The highest BCUT2D eigenvalue weighted by atomic mass is 32.2. The van der Waals surface area contributed by atoms with Gasteiger partial charge >= 0.3 is 6.18 Å². The maximum atomic E-state index is 13.4. The first kappa shape index (κ1) is 23.2. The number of anilines is 1. The molecular weight excluding hydrogens is 449 g/mol. The highest BCUT2D eigenvalue weighted by Crippen LogP contribution is 2.33. The van der Waals surface area contributed by atoms with E-state index in [1.165, 1.54) is 50.4 Å². The Morgan fingerprint density at radius 2 is 1.75 bits per heavy atom. The van der Waals surface area contributed by atoms with Gasteiger partial charge in [0.1, 0.15) is 0 Å². The monoisotopic (exact) mass is 466 g/mol. The van der Waals surface area contributed by atoms with Crippen molar-refractivity contribution in [1.82, 2.24) is 14.5 Å². The second-order valence-corrected chi connectivity index (χ2v) is 8.50. The molecule has 0 fully saturated rings. The van der Waals surface area contributed by atoms with Crippen molar-refractivity contribution in [3.8, 4) is 5.69 Å². The standard InChI is InChI=1S/C20H17F3N4O4S/c1-12-10-17(28)18(26-27(12)16-9-4-3-8-15(16)20(21,22)23)19(29)25-13-6-5-7-14(11-13)32(30,31)24-2/h3-11,24H,1-2H3,(H,25,29). The zero-order valence-electron chi connectivity index (χ0n) is 16.8. The third-order valence-electron chi connectivity index (χ3n) is 4.43. The number of aromatic nitrogens is 2. The van der Waals surface area contributed by atoms with Crippen LogP contribution >= 0.6 is 0 Å². The van der Waals surface area contributed by atoms with Crippen molar-refractivity contribution >= 4 is 21.6 Å². The number of carbonyl (C=O) groups is 1. The number of nitrogens with one attached hydrogen (secondary N) is 2. The number of hydrogen-bond acceptors (Lipinski definition) is 5. The summed E-state index contributed by atoms with van der Waals surface area (Å²) in [6.45, 7) is 1.38. The lowest BCUT2D eigenvalue weighted by atomic mass is 10.1. The number of para-hydroxylation sites is 1. The van der Waals surface area contributed by atoms with Crippen LogP contribution in [-0.2, 0) is 16.2 Å². The van der Waals surface area contributed by atoms with E-state index in [9.17, 15) is 31.2 Å². The molecule has 12 heteroatoms. The topological polar surface area (TPSA) is 110 Å². The van der Waals surface area contributed by atoms with Crippen LogP contribution in [0.25, 0.3) is 5.69 Å². The Kier molecular flexibility index (Phi) is 6.19. The molecule has 0 bridgehead atoms. The van der Waals surface area contributed by atoms with E-state index in [0.29, 0.717) is 0 Å². The lowest BCUT2D eigenvalue weighted by molar-refractivity contribution is -0.137. The summed E-state index contributed by atoms with van der Waals surface area (Å²) in [5, 5.41) is 6.21. The smallest absolute Gasteiger partial charge is 0.320 e. The summed E-state index contributed by atoms with van der Waals surface area (Å²) in [6.07, 6.45) is -4.69. The summed E-state index contributed by atoms with van der Waals surface area (Å²) in [5.74, 6) is -1.01. The number of nitrogens with zero attached hydrogens (tertiary/aromatic N) is 2. The van der Waals surface area contributed by atoms with E-state index in [1.54, 1.807) is 0 Å². The second kappa shape index (κ2) is 8.55. The maximum absolute atomic E-state index is 13.4. The average Bonchev–Trinajstić information content (AvgIpc) is 2.73. The van der Waals surface area contributed by atoms with Crippen molar-refractivity contribution in [1.29, 1.82) is 0 Å². The van der Waals surface area contributed by atoms with E-state index in [0.717, 1.165) is 22.9 Å². The zero-order valence-corrected chi connectivity index (χ0v) is 17.6. The van der Waals surface area contributed by atoms with Crippen LogP contribution in [0.1, 0.15) is 21.7 Å². The van der Waals surface area contributed by atoms with Gasteiger partial charge in [0.2, 0.25) is 15.5 Å². The van der Waals surface area contributed by atoms with Gasteiger partial charge in [0.25, 0.3) is 5.91 Å². The molecule has 0 saturated carbocycles. The van der Waals surface area contributed by atoms with Crippen LogP contribution in [0.15, 0.2) is 64.3 Å². The molecule has 1 heterocycles. The van der Waals surface area contributed by atoms with E-state index in [1.807, 2.05) is 0 Å². The molecule has 2 aromatic carbocycles. The zero-order chi connectivity index (χ0) is 23.7. The Balaban J connectivity index is 2.04. The van der Waals surface area contributed by atoms with E-state index < -0.39 is 38.8 Å². The summed E-state index contributed by atoms with van der Waals surface area (Å²) in [7, 11) is -2.57. The molecule has 0 atom stereocenters. The second-order valence-electron chi connectivity index (χ2n) is 6.61. The van der Waals surface area contributed by atoms with Gasteiger partial charge in [-0.3, -0.25) is 9.59 Å². The quantitative estimate of drug-likeness (QED) is 0.601. The van der Waals surface area contributed by atoms with Crippen LogP contribution in [0.4, 0.5) is 18.9 Å². The van der Waals surface area contributed by atoms with E-state index in [2.05, 4.69) is 15.1 Å². The molecule has 3 aromatic rings. The maximum Gasteiger partial charge on any atom is 0.418 e. The fourth-order valence-electron chi connectivity index (χ4n) is 2.90. The molecule has 0 aliphatic carbocycles. The number of sulfonamides is 1. The van der Waals surface area contributed by atoms with Crippen LogP contribution in [0.3, 0.4) is 0 Å². The van der Waals surface area contributed by atoms with Gasteiger partial charge in [0.15, 0.2) is 5.69 Å². The van der Waals surface area contributed by atoms with Gasteiger partial charge in [-0.2, -0.15) is 18.3 Å². The van der Waals surface area contributed by atoms with Gasteiger partial charge in [-0.25, -0.2) is 17.8 Å². The molecule has 0 aliphatic heterocycles. The molecule has 8 nitrogen and oxygen atoms in total. The fraction of sp³-hybridized carbons (Fsp3) is 0.150. The van der Waals surface area contributed by atoms with Crippen LogP contribution in [-0.4, -0.2) is 31.2 Å². The molecule has 0 unspecified atom stereocenters. The fourth-order valence-corrected chi connectivity index (χ4v) is 3.67. The van der Waals surface area contributed by atoms with Gasteiger partial charge in [-0.15, -0.1) is 0 Å². The summed E-state index contributed by atoms with van der Waals surface area (Å²) in [6, 6.07) is 10.8. The first-order valence-electron chi connectivity index (χ1n) is 9.06. The van der Waals surface area contributed by atoms with Gasteiger partial charge in [-0.05, 0) is 44.3 Å². The van der Waals surface area contributed by atoms with Crippen LogP contribution in [0, 0.1) is 6.92 Å². The van der Waals surface area contributed by atoms with Gasteiger partial charge < -0.3 is 5.32 Å². The van der Waals surface area contributed by atoms with Gasteiger partial charge in [-0.1, -0.05) is 18.2 Å². The van der Waals surface area contributed by atoms with Crippen LogP contribution in [0.5, 0.6) is 0 Å². The van der Waals surface area contributed by atoms with E-state index >= 15 is 0 Å². The van der Waals surface area contributed by atoms with Crippen molar-refractivity contribution in [2.45, 2.75) is 18.0 Å². The summed E-state index contributed by atoms with van der Waals surface area (Å²) < 4.78 is 67.1. The van der Waals surface area contributed by atoms with Gasteiger partial charge in [0, 0.05) is 17.4 Å². The number of hydrogen-bond donors (Lipinski definition) is 2. The molecule has 0 saturated heterocycles. The number of carbonyl (C=O) groups excluding carboxylic acids is 1. The molecule has 2 N–H and O–H groups in total. The highest BCUT2D eigenvalue weighted by molar-refractivity contribution is 7.89.